The van der Waals surface area contributed by atoms with Gasteiger partial charge in [-0.25, -0.2) is 4.98 Å². The molecular weight excluding hydrogens is 256 g/mol. The van der Waals surface area contributed by atoms with Crippen molar-refractivity contribution in [1.82, 2.24) is 10.3 Å². The van der Waals surface area contributed by atoms with Crippen LogP contribution in [0.2, 0.25) is 0 Å². The number of aromatic nitrogens is 1. The summed E-state index contributed by atoms with van der Waals surface area (Å²) in [6, 6.07) is 4.12. The molecule has 1 N–H and O–H groups in total. The summed E-state index contributed by atoms with van der Waals surface area (Å²) < 4.78 is 11.1. The predicted molar refractivity (Wildman–Crippen MR) is 76.1 cm³/mol. The van der Waals surface area contributed by atoms with Gasteiger partial charge < -0.3 is 14.8 Å². The number of ether oxygens (including phenoxy) is 2. The normalized spacial score (nSPS) is 21.4. The lowest BCUT2D eigenvalue weighted by molar-refractivity contribution is -0.123. The van der Waals surface area contributed by atoms with Gasteiger partial charge in [-0.3, -0.25) is 4.79 Å². The molecule has 0 spiro atoms. The highest BCUT2D eigenvalue weighted by Gasteiger charge is 2.29. The number of carbonyl (C=O) groups is 1. The Hall–Kier alpha value is -1.62. The molecule has 1 aliphatic rings. The van der Waals surface area contributed by atoms with Crippen LogP contribution < -0.4 is 14.8 Å². The third kappa shape index (κ3) is 3.93. The Morgan fingerprint density at radius 3 is 2.75 bits per heavy atom. The Morgan fingerprint density at radius 2 is 2.20 bits per heavy atom. The number of nitrogens with one attached hydrogen (secondary N) is 1. The lowest BCUT2D eigenvalue weighted by atomic mass is 9.89. The minimum Gasteiger partial charge on any atom is -0.484 e. The van der Waals surface area contributed by atoms with Crippen LogP contribution in [0, 0.1) is 5.92 Å². The first-order chi connectivity index (χ1) is 9.58. The fraction of sp³-hybridized carbons (Fsp3) is 0.600. The van der Waals surface area contributed by atoms with E-state index in [1.54, 1.807) is 18.3 Å². The van der Waals surface area contributed by atoms with Gasteiger partial charge in [0.05, 0.1) is 6.20 Å². The molecule has 0 radical (unpaired) electrons. The van der Waals surface area contributed by atoms with E-state index in [1.807, 2.05) is 20.9 Å². The van der Waals surface area contributed by atoms with Gasteiger partial charge >= 0.3 is 0 Å². The summed E-state index contributed by atoms with van der Waals surface area (Å²) in [5.74, 6) is 1.27. The van der Waals surface area contributed by atoms with Crippen molar-refractivity contribution in [3.05, 3.63) is 18.3 Å². The molecule has 0 saturated heterocycles. The first-order valence-electron chi connectivity index (χ1n) is 7.04. The molecule has 1 aromatic heterocycles. The molecule has 0 atom stereocenters. The van der Waals surface area contributed by atoms with E-state index < -0.39 is 0 Å². The molecule has 1 saturated carbocycles. The third-order valence-corrected chi connectivity index (χ3v) is 3.52. The van der Waals surface area contributed by atoms with Gasteiger partial charge in [0.2, 0.25) is 5.88 Å². The molecule has 1 aromatic rings. The molecule has 0 amide bonds. The van der Waals surface area contributed by atoms with Crippen LogP contribution in [0.25, 0.3) is 0 Å². The summed E-state index contributed by atoms with van der Waals surface area (Å²) in [4.78, 5) is 15.7. The van der Waals surface area contributed by atoms with Gasteiger partial charge in [0.15, 0.2) is 5.78 Å². The van der Waals surface area contributed by atoms with Crippen molar-refractivity contribution in [2.75, 3.05) is 13.7 Å². The highest BCUT2D eigenvalue weighted by atomic mass is 16.5. The highest BCUT2D eigenvalue weighted by molar-refractivity contribution is 5.81. The van der Waals surface area contributed by atoms with Gasteiger partial charge in [0.1, 0.15) is 18.5 Å². The van der Waals surface area contributed by atoms with E-state index in [-0.39, 0.29) is 24.4 Å². The van der Waals surface area contributed by atoms with E-state index in [0.29, 0.717) is 17.7 Å². The standard InChI is InChI=1S/C15H22N2O3/c1-10(2)14(18)9-19-12-4-5-15(17-8-12)20-13-6-11(7-13)16-3/h4-5,8,10-11,13,16H,6-7,9H2,1-3H3. The Morgan fingerprint density at radius 1 is 1.45 bits per heavy atom. The minimum absolute atomic E-state index is 0.00990. The molecule has 20 heavy (non-hydrogen) atoms. The van der Waals surface area contributed by atoms with Crippen LogP contribution >= 0.6 is 0 Å². The molecule has 1 fully saturated rings. The van der Waals surface area contributed by atoms with Crippen molar-refractivity contribution in [2.24, 2.45) is 5.92 Å². The van der Waals surface area contributed by atoms with E-state index in [1.165, 1.54) is 0 Å². The first kappa shape index (κ1) is 14.8. The number of Topliss-reactive ketones (excluding diaryl/α,β-unsaturated/α-hetero) is 1. The fourth-order valence-corrected chi connectivity index (χ4v) is 1.91. The van der Waals surface area contributed by atoms with Crippen molar-refractivity contribution in [3.8, 4) is 11.6 Å². The predicted octanol–water partition coefficient (Wildman–Crippen LogP) is 1.81. The van der Waals surface area contributed by atoms with Crippen LogP contribution in [0.5, 0.6) is 11.6 Å². The Labute approximate surface area is 119 Å². The highest BCUT2D eigenvalue weighted by Crippen LogP contribution is 2.25. The van der Waals surface area contributed by atoms with Crippen molar-refractivity contribution in [3.63, 3.8) is 0 Å². The molecule has 0 aromatic carbocycles. The molecule has 0 unspecified atom stereocenters. The van der Waals surface area contributed by atoms with Gasteiger partial charge in [0.25, 0.3) is 0 Å². The van der Waals surface area contributed by atoms with Crippen molar-refractivity contribution >= 4 is 5.78 Å². The number of pyridine rings is 1. The maximum absolute atomic E-state index is 11.5. The zero-order chi connectivity index (χ0) is 14.5. The minimum atomic E-state index is -0.00990. The summed E-state index contributed by atoms with van der Waals surface area (Å²) in [5.41, 5.74) is 0. The van der Waals surface area contributed by atoms with Crippen LogP contribution in [-0.4, -0.2) is 36.6 Å². The lowest BCUT2D eigenvalue weighted by Gasteiger charge is -2.34. The van der Waals surface area contributed by atoms with Crippen molar-refractivity contribution < 1.29 is 14.3 Å². The van der Waals surface area contributed by atoms with Gasteiger partial charge in [-0.15, -0.1) is 0 Å². The van der Waals surface area contributed by atoms with E-state index >= 15 is 0 Å². The molecule has 2 rings (SSSR count). The molecule has 1 aliphatic carbocycles. The van der Waals surface area contributed by atoms with Crippen molar-refractivity contribution in [1.29, 1.82) is 0 Å². The summed E-state index contributed by atoms with van der Waals surface area (Å²) in [6.07, 6.45) is 3.87. The summed E-state index contributed by atoms with van der Waals surface area (Å²) in [5, 5.41) is 3.21. The smallest absolute Gasteiger partial charge is 0.213 e. The summed E-state index contributed by atoms with van der Waals surface area (Å²) in [7, 11) is 1.96. The van der Waals surface area contributed by atoms with E-state index in [4.69, 9.17) is 9.47 Å². The molecule has 1 heterocycles. The molecule has 110 valence electrons. The second kappa shape index (κ2) is 6.70. The van der Waals surface area contributed by atoms with Crippen LogP contribution in [0.3, 0.4) is 0 Å². The van der Waals surface area contributed by atoms with Crippen LogP contribution in [0.1, 0.15) is 26.7 Å². The second-order valence-electron chi connectivity index (χ2n) is 5.44. The molecular formula is C15H22N2O3. The summed E-state index contributed by atoms with van der Waals surface area (Å²) >= 11 is 0. The van der Waals surface area contributed by atoms with Crippen LogP contribution in [-0.2, 0) is 4.79 Å². The van der Waals surface area contributed by atoms with E-state index in [9.17, 15) is 4.79 Å². The first-order valence-corrected chi connectivity index (χ1v) is 7.04. The maximum Gasteiger partial charge on any atom is 0.213 e. The number of hydrogen-bond acceptors (Lipinski definition) is 5. The fourth-order valence-electron chi connectivity index (χ4n) is 1.91. The Kier molecular flexibility index (Phi) is 4.95. The zero-order valence-electron chi connectivity index (χ0n) is 12.3. The zero-order valence-corrected chi connectivity index (χ0v) is 12.3. The lowest BCUT2D eigenvalue weighted by Crippen LogP contribution is -2.45. The van der Waals surface area contributed by atoms with Gasteiger partial charge in [-0.05, 0) is 26.0 Å². The van der Waals surface area contributed by atoms with Crippen LogP contribution in [0.15, 0.2) is 18.3 Å². The van der Waals surface area contributed by atoms with Crippen molar-refractivity contribution in [2.45, 2.75) is 38.8 Å². The number of hydrogen-bond donors (Lipinski definition) is 1. The number of carbonyl (C=O) groups excluding carboxylic acids is 1. The SMILES string of the molecule is CNC1CC(Oc2ccc(OCC(=O)C(C)C)cn2)C1. The molecule has 0 bridgehead atoms. The number of rotatable bonds is 7. The topological polar surface area (TPSA) is 60.5 Å². The van der Waals surface area contributed by atoms with E-state index in [0.717, 1.165) is 12.8 Å². The molecule has 5 heteroatoms. The van der Waals surface area contributed by atoms with Gasteiger partial charge in [-0.2, -0.15) is 0 Å². The third-order valence-electron chi connectivity index (χ3n) is 3.52. The quantitative estimate of drug-likeness (QED) is 0.824. The molecule has 5 nitrogen and oxygen atoms in total. The van der Waals surface area contributed by atoms with Gasteiger partial charge in [-0.1, -0.05) is 13.8 Å². The second-order valence-corrected chi connectivity index (χ2v) is 5.44. The number of nitrogens with zero attached hydrogens (tertiary/aromatic N) is 1. The van der Waals surface area contributed by atoms with Crippen LogP contribution in [0.4, 0.5) is 0 Å². The Balaban J connectivity index is 1.77. The largest absolute Gasteiger partial charge is 0.484 e. The monoisotopic (exact) mass is 278 g/mol. The average molecular weight is 278 g/mol. The average Bonchev–Trinajstić information content (AvgIpc) is 2.40. The summed E-state index contributed by atoms with van der Waals surface area (Å²) in [6.45, 7) is 3.81. The number of ketones is 1. The Bertz CT molecular complexity index is 439. The molecule has 0 aliphatic heterocycles. The van der Waals surface area contributed by atoms with Gasteiger partial charge in [0, 0.05) is 18.0 Å². The van der Waals surface area contributed by atoms with E-state index in [2.05, 4.69) is 10.3 Å². The maximum atomic E-state index is 11.5.